The number of hydrogen-bond donors (Lipinski definition) is 1. The molecule has 0 saturated heterocycles. The fourth-order valence-corrected chi connectivity index (χ4v) is 3.16. The van der Waals surface area contributed by atoms with Gasteiger partial charge in [0.15, 0.2) is 5.82 Å². The van der Waals surface area contributed by atoms with Crippen LogP contribution in [-0.4, -0.2) is 31.1 Å². The Balaban J connectivity index is 1.85. The number of nitrogens with one attached hydrogen (secondary N) is 1. The molecule has 0 radical (unpaired) electrons. The molecular formula is C17H20N6OS. The van der Waals surface area contributed by atoms with Gasteiger partial charge in [-0.2, -0.15) is 4.68 Å². The Bertz CT molecular complexity index is 921. The van der Waals surface area contributed by atoms with Crippen LogP contribution in [0.5, 0.6) is 0 Å². The summed E-state index contributed by atoms with van der Waals surface area (Å²) in [4.78, 5) is 17.5. The van der Waals surface area contributed by atoms with E-state index in [-0.39, 0.29) is 11.3 Å². The molecule has 2 aromatic heterocycles. The van der Waals surface area contributed by atoms with Crippen LogP contribution in [-0.2, 0) is 5.41 Å². The van der Waals surface area contributed by atoms with Gasteiger partial charge in [-0.1, -0.05) is 26.8 Å². The third-order valence-corrected chi connectivity index (χ3v) is 5.11. The Kier molecular flexibility index (Phi) is 4.38. The molecule has 0 aliphatic rings. The smallest absolute Gasteiger partial charge is 0.267 e. The molecule has 0 aliphatic heterocycles. The molecule has 0 fully saturated rings. The van der Waals surface area contributed by atoms with Gasteiger partial charge in [0.05, 0.1) is 16.9 Å². The number of anilines is 1. The number of rotatable bonds is 3. The second-order valence-corrected chi connectivity index (χ2v) is 7.90. The Labute approximate surface area is 150 Å². The lowest BCUT2D eigenvalue weighted by atomic mass is 9.98. The standard InChI is InChI=1S/C17H20N6OS/c1-10-6-7-12(8-13(10)23-11(2)20-21-22-23)19-15(24)14-9-18-16(25-14)17(3,4)5/h6-9H,1-5H3,(H,19,24). The number of benzene rings is 1. The van der Waals surface area contributed by atoms with Crippen molar-refractivity contribution in [2.45, 2.75) is 40.0 Å². The van der Waals surface area contributed by atoms with E-state index in [2.05, 4.69) is 46.6 Å². The molecule has 130 valence electrons. The van der Waals surface area contributed by atoms with Crippen LogP contribution in [0.25, 0.3) is 5.69 Å². The van der Waals surface area contributed by atoms with Crippen LogP contribution in [0, 0.1) is 13.8 Å². The predicted molar refractivity (Wildman–Crippen MR) is 97.4 cm³/mol. The highest BCUT2D eigenvalue weighted by atomic mass is 32.1. The van der Waals surface area contributed by atoms with E-state index in [9.17, 15) is 4.79 Å². The van der Waals surface area contributed by atoms with Crippen molar-refractivity contribution in [1.29, 1.82) is 0 Å². The first-order valence-electron chi connectivity index (χ1n) is 7.89. The first-order valence-corrected chi connectivity index (χ1v) is 8.71. The molecule has 7 nitrogen and oxygen atoms in total. The van der Waals surface area contributed by atoms with Crippen LogP contribution in [0.1, 0.15) is 46.8 Å². The van der Waals surface area contributed by atoms with Crippen molar-refractivity contribution < 1.29 is 4.79 Å². The Morgan fingerprint density at radius 1 is 1.24 bits per heavy atom. The average Bonchev–Trinajstić information content (AvgIpc) is 3.18. The van der Waals surface area contributed by atoms with Crippen LogP contribution in [0.15, 0.2) is 24.4 Å². The number of amides is 1. The molecule has 0 atom stereocenters. The fourth-order valence-electron chi connectivity index (χ4n) is 2.29. The van der Waals surface area contributed by atoms with Crippen molar-refractivity contribution in [3.63, 3.8) is 0 Å². The number of aromatic nitrogens is 5. The maximum absolute atomic E-state index is 12.5. The zero-order valence-corrected chi connectivity index (χ0v) is 15.7. The monoisotopic (exact) mass is 356 g/mol. The molecule has 3 rings (SSSR count). The highest BCUT2D eigenvalue weighted by Gasteiger charge is 2.20. The second-order valence-electron chi connectivity index (χ2n) is 6.87. The van der Waals surface area contributed by atoms with Gasteiger partial charge in [-0.15, -0.1) is 16.4 Å². The van der Waals surface area contributed by atoms with Gasteiger partial charge < -0.3 is 5.32 Å². The maximum Gasteiger partial charge on any atom is 0.267 e. The molecule has 1 amide bonds. The van der Waals surface area contributed by atoms with Gasteiger partial charge in [0, 0.05) is 11.1 Å². The molecule has 1 N–H and O–H groups in total. The summed E-state index contributed by atoms with van der Waals surface area (Å²) < 4.78 is 1.65. The molecule has 3 aromatic rings. The van der Waals surface area contributed by atoms with Gasteiger partial charge in [-0.05, 0) is 42.0 Å². The van der Waals surface area contributed by atoms with Crippen molar-refractivity contribution in [3.05, 3.63) is 45.7 Å². The van der Waals surface area contributed by atoms with E-state index >= 15 is 0 Å². The summed E-state index contributed by atoms with van der Waals surface area (Å²) in [5, 5.41) is 15.4. The van der Waals surface area contributed by atoms with Crippen LogP contribution < -0.4 is 5.32 Å². The van der Waals surface area contributed by atoms with Crippen molar-refractivity contribution in [2.75, 3.05) is 5.32 Å². The summed E-state index contributed by atoms with van der Waals surface area (Å²) in [6.07, 6.45) is 1.63. The molecule has 0 unspecified atom stereocenters. The highest BCUT2D eigenvalue weighted by molar-refractivity contribution is 7.13. The Morgan fingerprint density at radius 2 is 2.00 bits per heavy atom. The molecule has 8 heteroatoms. The zero-order chi connectivity index (χ0) is 18.2. The summed E-state index contributed by atoms with van der Waals surface area (Å²) in [5.74, 6) is 0.514. The third kappa shape index (κ3) is 3.58. The van der Waals surface area contributed by atoms with Crippen LogP contribution in [0.4, 0.5) is 5.69 Å². The molecule has 0 bridgehead atoms. The molecule has 1 aromatic carbocycles. The lowest BCUT2D eigenvalue weighted by Gasteiger charge is -2.13. The number of hydrogen-bond acceptors (Lipinski definition) is 6. The van der Waals surface area contributed by atoms with Gasteiger partial charge >= 0.3 is 0 Å². The number of tetrazole rings is 1. The van der Waals surface area contributed by atoms with E-state index in [1.54, 1.807) is 10.9 Å². The van der Waals surface area contributed by atoms with Gasteiger partial charge in [0.2, 0.25) is 0 Å². The van der Waals surface area contributed by atoms with Gasteiger partial charge in [-0.25, -0.2) is 4.98 Å². The lowest BCUT2D eigenvalue weighted by Crippen LogP contribution is -2.12. The SMILES string of the molecule is Cc1ccc(NC(=O)c2cnc(C(C)(C)C)s2)cc1-n1nnnc1C. The van der Waals surface area contributed by atoms with E-state index < -0.39 is 0 Å². The zero-order valence-electron chi connectivity index (χ0n) is 14.9. The number of nitrogens with zero attached hydrogens (tertiary/aromatic N) is 5. The number of thiazole rings is 1. The minimum absolute atomic E-state index is 0.0716. The molecule has 0 spiro atoms. The van der Waals surface area contributed by atoms with Gasteiger partial charge in [-0.3, -0.25) is 4.79 Å². The predicted octanol–water partition coefficient (Wildman–Crippen LogP) is 3.29. The molecule has 25 heavy (non-hydrogen) atoms. The van der Waals surface area contributed by atoms with Crippen LogP contribution in [0.3, 0.4) is 0 Å². The maximum atomic E-state index is 12.5. The second kappa shape index (κ2) is 6.36. The van der Waals surface area contributed by atoms with Crippen molar-refractivity contribution in [2.24, 2.45) is 0 Å². The summed E-state index contributed by atoms with van der Waals surface area (Å²) in [7, 11) is 0. The molecular weight excluding hydrogens is 336 g/mol. The minimum atomic E-state index is -0.170. The average molecular weight is 356 g/mol. The Hall–Kier alpha value is -2.61. The van der Waals surface area contributed by atoms with Crippen LogP contribution in [0.2, 0.25) is 0 Å². The third-order valence-electron chi connectivity index (χ3n) is 3.69. The first-order chi connectivity index (χ1) is 11.8. The summed E-state index contributed by atoms with van der Waals surface area (Å²) in [5.41, 5.74) is 2.46. The van der Waals surface area contributed by atoms with Crippen molar-refractivity contribution in [1.82, 2.24) is 25.2 Å². The quantitative estimate of drug-likeness (QED) is 0.778. The summed E-state index contributed by atoms with van der Waals surface area (Å²) >= 11 is 1.41. The fraction of sp³-hybridized carbons (Fsp3) is 0.353. The van der Waals surface area contributed by atoms with Crippen LogP contribution >= 0.6 is 11.3 Å². The van der Waals surface area contributed by atoms with E-state index in [1.807, 2.05) is 32.0 Å². The van der Waals surface area contributed by atoms with E-state index in [4.69, 9.17) is 0 Å². The lowest BCUT2D eigenvalue weighted by molar-refractivity contribution is 0.103. The van der Waals surface area contributed by atoms with E-state index in [0.717, 1.165) is 16.3 Å². The topological polar surface area (TPSA) is 85.6 Å². The van der Waals surface area contributed by atoms with Gasteiger partial charge in [0.1, 0.15) is 4.88 Å². The first kappa shape index (κ1) is 17.2. The number of aryl methyl sites for hydroxylation is 2. The molecule has 0 aliphatic carbocycles. The van der Waals surface area contributed by atoms with E-state index in [0.29, 0.717) is 16.4 Å². The van der Waals surface area contributed by atoms with Crippen molar-refractivity contribution >= 4 is 22.9 Å². The highest BCUT2D eigenvalue weighted by Crippen LogP contribution is 2.27. The molecule has 2 heterocycles. The summed E-state index contributed by atoms with van der Waals surface area (Å²) in [6.45, 7) is 10.0. The number of carbonyl (C=O) groups is 1. The van der Waals surface area contributed by atoms with Crippen molar-refractivity contribution in [3.8, 4) is 5.69 Å². The Morgan fingerprint density at radius 3 is 2.60 bits per heavy atom. The van der Waals surface area contributed by atoms with E-state index in [1.165, 1.54) is 11.3 Å². The normalized spacial score (nSPS) is 11.6. The summed E-state index contributed by atoms with van der Waals surface area (Å²) in [6, 6.07) is 5.66. The minimum Gasteiger partial charge on any atom is -0.321 e. The largest absolute Gasteiger partial charge is 0.321 e. The molecule has 0 saturated carbocycles. The number of carbonyl (C=O) groups excluding carboxylic acids is 1. The van der Waals surface area contributed by atoms with Gasteiger partial charge in [0.25, 0.3) is 5.91 Å².